The molecular formula is C15H18N2OS. The highest BCUT2D eigenvalue weighted by Gasteiger charge is 2.38. The van der Waals surface area contributed by atoms with Gasteiger partial charge in [0, 0.05) is 16.9 Å². The van der Waals surface area contributed by atoms with Crippen LogP contribution in [0.3, 0.4) is 0 Å². The summed E-state index contributed by atoms with van der Waals surface area (Å²) in [6.07, 6.45) is 1.73. The first-order valence-electron chi connectivity index (χ1n) is 6.63. The number of thiazole rings is 1. The summed E-state index contributed by atoms with van der Waals surface area (Å²) in [5.41, 5.74) is 8.41. The Bertz CT molecular complexity index is 608. The largest absolute Gasteiger partial charge is 0.493 e. The van der Waals surface area contributed by atoms with E-state index in [1.165, 1.54) is 4.88 Å². The summed E-state index contributed by atoms with van der Waals surface area (Å²) in [7, 11) is 0. The minimum atomic E-state index is -0.502. The predicted molar refractivity (Wildman–Crippen MR) is 77.8 cm³/mol. The number of aromatic nitrogens is 1. The van der Waals surface area contributed by atoms with Crippen molar-refractivity contribution in [2.24, 2.45) is 5.73 Å². The van der Waals surface area contributed by atoms with Gasteiger partial charge in [0.05, 0.1) is 12.3 Å². The first kappa shape index (κ1) is 12.6. The van der Waals surface area contributed by atoms with Crippen molar-refractivity contribution in [1.82, 2.24) is 4.98 Å². The molecule has 0 fully saturated rings. The molecule has 1 aromatic heterocycles. The maximum absolute atomic E-state index is 6.70. The normalized spacial score (nSPS) is 21.8. The van der Waals surface area contributed by atoms with Gasteiger partial charge in [0.25, 0.3) is 0 Å². The highest BCUT2D eigenvalue weighted by Crippen LogP contribution is 2.41. The summed E-state index contributed by atoms with van der Waals surface area (Å²) >= 11 is 1.72. The molecule has 2 N–H and O–H groups in total. The van der Waals surface area contributed by atoms with E-state index >= 15 is 0 Å². The summed E-state index contributed by atoms with van der Waals surface area (Å²) in [5, 5.41) is 1.01. The van der Waals surface area contributed by atoms with E-state index in [9.17, 15) is 0 Å². The number of aryl methyl sites for hydroxylation is 2. The Morgan fingerprint density at radius 1 is 1.42 bits per heavy atom. The third kappa shape index (κ3) is 1.95. The molecule has 0 saturated carbocycles. The lowest BCUT2D eigenvalue weighted by Crippen LogP contribution is -2.42. The zero-order valence-electron chi connectivity index (χ0n) is 11.3. The Hall–Kier alpha value is -1.39. The number of nitrogens with two attached hydrogens (primary N) is 1. The topological polar surface area (TPSA) is 48.1 Å². The van der Waals surface area contributed by atoms with Gasteiger partial charge in [-0.3, -0.25) is 0 Å². The minimum absolute atomic E-state index is 0.502. The fourth-order valence-electron chi connectivity index (χ4n) is 2.59. The molecule has 1 unspecified atom stereocenters. The van der Waals surface area contributed by atoms with Crippen molar-refractivity contribution in [1.29, 1.82) is 0 Å². The fourth-order valence-corrected chi connectivity index (χ4v) is 3.73. The Morgan fingerprint density at radius 2 is 2.21 bits per heavy atom. The molecule has 2 heterocycles. The second-order valence-electron chi connectivity index (χ2n) is 4.94. The zero-order chi connectivity index (χ0) is 13.5. The van der Waals surface area contributed by atoms with Crippen molar-refractivity contribution < 1.29 is 4.74 Å². The van der Waals surface area contributed by atoms with E-state index in [1.54, 1.807) is 11.3 Å². The molecule has 0 saturated heterocycles. The van der Waals surface area contributed by atoms with Gasteiger partial charge in [-0.05, 0) is 19.4 Å². The Labute approximate surface area is 117 Å². The van der Waals surface area contributed by atoms with Crippen molar-refractivity contribution in [2.75, 3.05) is 6.61 Å². The molecule has 1 atom stereocenters. The molecule has 4 heteroatoms. The van der Waals surface area contributed by atoms with Crippen LogP contribution in [0.1, 0.15) is 34.5 Å². The molecule has 3 rings (SSSR count). The first-order chi connectivity index (χ1) is 9.15. The summed E-state index contributed by atoms with van der Waals surface area (Å²) in [6, 6.07) is 8.03. The number of benzene rings is 1. The Morgan fingerprint density at radius 3 is 2.95 bits per heavy atom. The van der Waals surface area contributed by atoms with Gasteiger partial charge in [-0.1, -0.05) is 25.1 Å². The second kappa shape index (κ2) is 4.62. The van der Waals surface area contributed by atoms with Crippen LogP contribution >= 0.6 is 11.3 Å². The van der Waals surface area contributed by atoms with Crippen molar-refractivity contribution in [2.45, 2.75) is 32.2 Å². The number of fused-ring (bicyclic) bond motifs is 1. The second-order valence-corrected chi connectivity index (χ2v) is 6.14. The number of hydrogen-bond acceptors (Lipinski definition) is 4. The van der Waals surface area contributed by atoms with Crippen LogP contribution in [0, 0.1) is 6.92 Å². The highest BCUT2D eigenvalue weighted by molar-refractivity contribution is 7.11. The summed E-state index contributed by atoms with van der Waals surface area (Å²) in [5.74, 6) is 0.891. The highest BCUT2D eigenvalue weighted by atomic mass is 32.1. The maximum atomic E-state index is 6.70. The summed E-state index contributed by atoms with van der Waals surface area (Å²) in [4.78, 5) is 6.03. The van der Waals surface area contributed by atoms with Crippen LogP contribution < -0.4 is 10.5 Å². The molecule has 0 spiro atoms. The van der Waals surface area contributed by atoms with Gasteiger partial charge >= 0.3 is 0 Å². The quantitative estimate of drug-likeness (QED) is 0.915. The number of nitrogens with zero attached hydrogens (tertiary/aromatic N) is 1. The van der Waals surface area contributed by atoms with Gasteiger partial charge in [-0.2, -0.15) is 0 Å². The SMILES string of the molecule is CCc1nc(C2(N)CCOc3ccccc32)sc1C. The molecule has 3 nitrogen and oxygen atoms in total. The van der Waals surface area contributed by atoms with Gasteiger partial charge in [0.15, 0.2) is 0 Å². The van der Waals surface area contributed by atoms with Gasteiger partial charge in [-0.15, -0.1) is 11.3 Å². The van der Waals surface area contributed by atoms with Crippen molar-refractivity contribution in [3.8, 4) is 5.75 Å². The van der Waals surface area contributed by atoms with Gasteiger partial charge in [0.1, 0.15) is 16.3 Å². The van der Waals surface area contributed by atoms with E-state index in [0.29, 0.717) is 6.61 Å². The monoisotopic (exact) mass is 274 g/mol. The van der Waals surface area contributed by atoms with Crippen LogP contribution in [-0.4, -0.2) is 11.6 Å². The van der Waals surface area contributed by atoms with Crippen LogP contribution in [-0.2, 0) is 12.0 Å². The molecule has 19 heavy (non-hydrogen) atoms. The van der Waals surface area contributed by atoms with E-state index in [4.69, 9.17) is 15.5 Å². The molecule has 2 aromatic rings. The average molecular weight is 274 g/mol. The molecular weight excluding hydrogens is 256 g/mol. The van der Waals surface area contributed by atoms with Crippen LogP contribution in [0.15, 0.2) is 24.3 Å². The Kier molecular flexibility index (Phi) is 3.07. The van der Waals surface area contributed by atoms with Crippen LogP contribution in [0.25, 0.3) is 0 Å². The fraction of sp³-hybridized carbons (Fsp3) is 0.400. The number of para-hydroxylation sites is 1. The third-order valence-electron chi connectivity index (χ3n) is 3.73. The number of ether oxygens (including phenoxy) is 1. The van der Waals surface area contributed by atoms with E-state index in [2.05, 4.69) is 19.9 Å². The zero-order valence-corrected chi connectivity index (χ0v) is 12.1. The first-order valence-corrected chi connectivity index (χ1v) is 7.44. The lowest BCUT2D eigenvalue weighted by atomic mass is 9.86. The van der Waals surface area contributed by atoms with E-state index < -0.39 is 5.54 Å². The standard InChI is InChI=1S/C15H18N2OS/c1-3-12-10(2)19-14(17-12)15(16)8-9-18-13-7-5-4-6-11(13)15/h4-7H,3,8-9,16H2,1-2H3. The van der Waals surface area contributed by atoms with Crippen molar-refractivity contribution >= 4 is 11.3 Å². The van der Waals surface area contributed by atoms with E-state index in [1.807, 2.05) is 18.2 Å². The van der Waals surface area contributed by atoms with Gasteiger partial charge < -0.3 is 10.5 Å². The maximum Gasteiger partial charge on any atom is 0.124 e. The van der Waals surface area contributed by atoms with Gasteiger partial charge in [-0.25, -0.2) is 4.98 Å². The molecule has 1 aromatic carbocycles. The average Bonchev–Trinajstić information content (AvgIpc) is 2.81. The van der Waals surface area contributed by atoms with Crippen molar-refractivity contribution in [3.63, 3.8) is 0 Å². The lowest BCUT2D eigenvalue weighted by molar-refractivity contribution is 0.237. The molecule has 0 aliphatic carbocycles. The summed E-state index contributed by atoms with van der Waals surface area (Å²) < 4.78 is 5.70. The predicted octanol–water partition coefficient (Wildman–Crippen LogP) is 3.00. The molecule has 0 amide bonds. The minimum Gasteiger partial charge on any atom is -0.493 e. The molecule has 100 valence electrons. The van der Waals surface area contributed by atoms with Gasteiger partial charge in [0.2, 0.25) is 0 Å². The van der Waals surface area contributed by atoms with E-state index in [0.717, 1.165) is 34.9 Å². The molecule has 0 radical (unpaired) electrons. The molecule has 0 bridgehead atoms. The third-order valence-corrected chi connectivity index (χ3v) is 4.92. The van der Waals surface area contributed by atoms with E-state index in [-0.39, 0.29) is 0 Å². The van der Waals surface area contributed by atoms with Crippen LogP contribution in [0.4, 0.5) is 0 Å². The van der Waals surface area contributed by atoms with Crippen LogP contribution in [0.2, 0.25) is 0 Å². The molecule has 1 aliphatic heterocycles. The summed E-state index contributed by atoms with van der Waals surface area (Å²) in [6.45, 7) is 4.90. The van der Waals surface area contributed by atoms with Crippen molar-refractivity contribution in [3.05, 3.63) is 45.4 Å². The Balaban J connectivity index is 2.13. The van der Waals surface area contributed by atoms with Crippen LogP contribution in [0.5, 0.6) is 5.75 Å². The lowest BCUT2D eigenvalue weighted by Gasteiger charge is -2.33. The molecule has 1 aliphatic rings. The number of rotatable bonds is 2. The number of hydrogen-bond donors (Lipinski definition) is 1. The smallest absolute Gasteiger partial charge is 0.124 e.